The summed E-state index contributed by atoms with van der Waals surface area (Å²) in [5, 5.41) is 0. The van der Waals surface area contributed by atoms with Gasteiger partial charge in [0.05, 0.1) is 5.56 Å². The molecule has 78 valence electrons. The Morgan fingerprint density at radius 2 is 2.13 bits per heavy atom. The molecule has 4 nitrogen and oxygen atoms in total. The van der Waals surface area contributed by atoms with Crippen LogP contribution in [0, 0.1) is 0 Å². The van der Waals surface area contributed by atoms with Gasteiger partial charge in [-0.3, -0.25) is 9.69 Å². The van der Waals surface area contributed by atoms with Crippen molar-refractivity contribution in [3.05, 3.63) is 34.9 Å². The first-order valence-electron chi connectivity index (χ1n) is 4.65. The van der Waals surface area contributed by atoms with Crippen LogP contribution in [0.1, 0.15) is 21.5 Å². The van der Waals surface area contributed by atoms with Crippen molar-refractivity contribution in [3.63, 3.8) is 0 Å². The topological polar surface area (TPSA) is 46.6 Å². The smallest absolute Gasteiger partial charge is 0.345 e. The molecule has 0 aromatic heterocycles. The largest absolute Gasteiger partial charge is 0.392 e. The monoisotopic (exact) mass is 205 g/mol. The summed E-state index contributed by atoms with van der Waals surface area (Å²) < 4.78 is 4.28. The van der Waals surface area contributed by atoms with Crippen molar-refractivity contribution >= 4 is 12.4 Å². The van der Waals surface area contributed by atoms with Crippen molar-refractivity contribution in [3.8, 4) is 0 Å². The lowest BCUT2D eigenvalue weighted by molar-refractivity contribution is -0.123. The maximum atomic E-state index is 11.3. The number of nitrogens with zero attached hydrogens (tertiary/aromatic N) is 1. The molecule has 0 unspecified atom stereocenters. The molecule has 1 heterocycles. The van der Waals surface area contributed by atoms with E-state index in [1.54, 1.807) is 12.1 Å². The van der Waals surface area contributed by atoms with Crippen LogP contribution >= 0.6 is 0 Å². The van der Waals surface area contributed by atoms with Crippen LogP contribution in [0.4, 0.5) is 0 Å². The van der Waals surface area contributed by atoms with Gasteiger partial charge in [0, 0.05) is 13.1 Å². The second-order valence-electron chi connectivity index (χ2n) is 3.66. The van der Waals surface area contributed by atoms with E-state index >= 15 is 0 Å². The van der Waals surface area contributed by atoms with Crippen LogP contribution in [0.25, 0.3) is 0 Å². The van der Waals surface area contributed by atoms with Crippen LogP contribution in [-0.4, -0.2) is 24.4 Å². The van der Waals surface area contributed by atoms with Gasteiger partial charge in [-0.15, -0.1) is 0 Å². The van der Waals surface area contributed by atoms with E-state index in [1.165, 1.54) is 5.56 Å². The van der Waals surface area contributed by atoms with Gasteiger partial charge in [-0.05, 0) is 30.3 Å². The molecule has 0 amide bonds. The summed E-state index contributed by atoms with van der Waals surface area (Å²) in [7, 11) is 2.02. The number of hydrogen-bond donors (Lipinski definition) is 0. The minimum absolute atomic E-state index is 0.154. The van der Waals surface area contributed by atoms with Gasteiger partial charge in [0.15, 0.2) is 0 Å². The molecule has 0 radical (unpaired) electrons. The molecule has 0 bridgehead atoms. The molecule has 0 saturated carbocycles. The van der Waals surface area contributed by atoms with Crippen molar-refractivity contribution < 1.29 is 14.3 Å². The highest BCUT2D eigenvalue weighted by Gasteiger charge is 2.17. The van der Waals surface area contributed by atoms with Gasteiger partial charge in [0.25, 0.3) is 0 Å². The lowest BCUT2D eigenvalue weighted by Crippen LogP contribution is -2.07. The molecule has 15 heavy (non-hydrogen) atoms. The van der Waals surface area contributed by atoms with Crippen LogP contribution in [0.2, 0.25) is 0 Å². The Kier molecular flexibility index (Phi) is 2.51. The molecule has 1 aromatic carbocycles. The van der Waals surface area contributed by atoms with Crippen molar-refractivity contribution in [1.29, 1.82) is 0 Å². The van der Waals surface area contributed by atoms with Crippen molar-refractivity contribution in [1.82, 2.24) is 4.90 Å². The highest BCUT2D eigenvalue weighted by molar-refractivity contribution is 5.93. The van der Waals surface area contributed by atoms with E-state index in [1.807, 2.05) is 13.1 Å². The van der Waals surface area contributed by atoms with E-state index in [2.05, 4.69) is 9.64 Å². The summed E-state index contributed by atoms with van der Waals surface area (Å²) in [6, 6.07) is 5.37. The van der Waals surface area contributed by atoms with Crippen LogP contribution < -0.4 is 0 Å². The molecule has 1 aliphatic rings. The van der Waals surface area contributed by atoms with Gasteiger partial charge in [-0.2, -0.15) is 0 Å². The van der Waals surface area contributed by atoms with Gasteiger partial charge in [-0.25, -0.2) is 4.79 Å². The second kappa shape index (κ2) is 3.82. The molecular weight excluding hydrogens is 194 g/mol. The minimum Gasteiger partial charge on any atom is -0.392 e. The average molecular weight is 205 g/mol. The molecule has 0 saturated heterocycles. The van der Waals surface area contributed by atoms with E-state index in [0.717, 1.165) is 18.7 Å². The fourth-order valence-electron chi connectivity index (χ4n) is 1.80. The maximum Gasteiger partial charge on any atom is 0.345 e. The minimum atomic E-state index is -0.595. The Morgan fingerprint density at radius 3 is 2.87 bits per heavy atom. The van der Waals surface area contributed by atoms with Crippen molar-refractivity contribution in [2.75, 3.05) is 7.05 Å². The van der Waals surface area contributed by atoms with E-state index < -0.39 is 5.97 Å². The van der Waals surface area contributed by atoms with Gasteiger partial charge >= 0.3 is 12.4 Å². The summed E-state index contributed by atoms with van der Waals surface area (Å²) in [6.07, 6.45) is 0. The fourth-order valence-corrected chi connectivity index (χ4v) is 1.80. The molecular formula is C11H11NO3. The van der Waals surface area contributed by atoms with Crippen LogP contribution in [0.15, 0.2) is 18.2 Å². The first-order chi connectivity index (χ1) is 7.20. The Hall–Kier alpha value is -1.68. The zero-order valence-electron chi connectivity index (χ0n) is 8.40. The van der Waals surface area contributed by atoms with E-state index in [9.17, 15) is 9.59 Å². The van der Waals surface area contributed by atoms with Gasteiger partial charge in [0.2, 0.25) is 0 Å². The first kappa shape index (κ1) is 9.86. The molecule has 4 heteroatoms. The number of esters is 1. The van der Waals surface area contributed by atoms with Crippen molar-refractivity contribution in [2.24, 2.45) is 0 Å². The highest BCUT2D eigenvalue weighted by atomic mass is 16.6. The van der Waals surface area contributed by atoms with Crippen molar-refractivity contribution in [2.45, 2.75) is 13.1 Å². The Labute approximate surface area is 87.4 Å². The summed E-state index contributed by atoms with van der Waals surface area (Å²) in [4.78, 5) is 23.4. The number of hydrogen-bond acceptors (Lipinski definition) is 4. The Morgan fingerprint density at radius 1 is 1.40 bits per heavy atom. The third-order valence-corrected chi connectivity index (χ3v) is 2.48. The van der Waals surface area contributed by atoms with Gasteiger partial charge in [-0.1, -0.05) is 6.07 Å². The standard InChI is InChI=1S/C11H11NO3/c1-12-5-9-3-2-8(4-10(9)6-12)11(14)15-7-13/h2-4,7H,5-6H2,1H3. The van der Waals surface area contributed by atoms with Crippen LogP contribution in [-0.2, 0) is 22.6 Å². The summed E-state index contributed by atoms with van der Waals surface area (Å²) >= 11 is 0. The highest BCUT2D eigenvalue weighted by Crippen LogP contribution is 2.22. The predicted octanol–water partition coefficient (Wildman–Crippen LogP) is 0.945. The average Bonchev–Trinajstić information content (AvgIpc) is 2.57. The maximum absolute atomic E-state index is 11.3. The molecule has 0 aliphatic carbocycles. The lowest BCUT2D eigenvalue weighted by atomic mass is 10.1. The van der Waals surface area contributed by atoms with Crippen LogP contribution in [0.3, 0.4) is 0 Å². The van der Waals surface area contributed by atoms with Crippen LogP contribution in [0.5, 0.6) is 0 Å². The number of carbonyl (C=O) groups excluding carboxylic acids is 2. The Balaban J connectivity index is 2.27. The SMILES string of the molecule is CN1Cc2ccc(C(=O)OC=O)cc2C1. The number of fused-ring (bicyclic) bond motifs is 1. The lowest BCUT2D eigenvalue weighted by Gasteiger charge is -2.02. The molecule has 0 N–H and O–H groups in total. The number of rotatable bonds is 2. The molecule has 1 aromatic rings. The number of carbonyl (C=O) groups is 2. The molecule has 0 atom stereocenters. The molecule has 2 rings (SSSR count). The first-order valence-corrected chi connectivity index (χ1v) is 4.65. The molecule has 0 spiro atoms. The zero-order chi connectivity index (χ0) is 10.8. The van der Waals surface area contributed by atoms with E-state index in [0.29, 0.717) is 5.56 Å². The quantitative estimate of drug-likeness (QED) is 0.409. The number of ether oxygens (including phenoxy) is 1. The second-order valence-corrected chi connectivity index (χ2v) is 3.66. The van der Waals surface area contributed by atoms with Gasteiger partial charge < -0.3 is 4.74 Å². The summed E-state index contributed by atoms with van der Waals surface area (Å²) in [5.74, 6) is -0.595. The normalized spacial score (nSPS) is 14.7. The zero-order valence-corrected chi connectivity index (χ0v) is 8.40. The van der Waals surface area contributed by atoms with Gasteiger partial charge in [0.1, 0.15) is 0 Å². The Bertz CT molecular complexity index is 414. The summed E-state index contributed by atoms with van der Waals surface area (Å²) in [5.41, 5.74) is 2.77. The molecule has 0 fully saturated rings. The predicted molar refractivity (Wildman–Crippen MR) is 53.1 cm³/mol. The fraction of sp³-hybridized carbons (Fsp3) is 0.273. The molecule has 1 aliphatic heterocycles. The van der Waals surface area contributed by atoms with E-state index in [-0.39, 0.29) is 6.47 Å². The van der Waals surface area contributed by atoms with E-state index in [4.69, 9.17) is 0 Å². The third kappa shape index (κ3) is 1.89. The third-order valence-electron chi connectivity index (χ3n) is 2.48. The number of benzene rings is 1. The summed E-state index contributed by atoms with van der Waals surface area (Å²) in [6.45, 7) is 1.89.